The Morgan fingerprint density at radius 1 is 1.38 bits per heavy atom. The van der Waals surface area contributed by atoms with E-state index in [1.807, 2.05) is 0 Å². The van der Waals surface area contributed by atoms with Crippen molar-refractivity contribution in [1.82, 2.24) is 9.97 Å². The van der Waals surface area contributed by atoms with Crippen molar-refractivity contribution in [1.29, 1.82) is 0 Å². The fourth-order valence-electron chi connectivity index (χ4n) is 2.46. The van der Waals surface area contributed by atoms with Gasteiger partial charge >= 0.3 is 0 Å². The maximum Gasteiger partial charge on any atom is 0.254 e. The molecule has 0 aromatic carbocycles. The van der Waals surface area contributed by atoms with Crippen LogP contribution in [0.15, 0.2) is 4.79 Å². The highest BCUT2D eigenvalue weighted by atomic mass is 16.1. The first-order chi connectivity index (χ1) is 7.78. The molecule has 0 saturated heterocycles. The summed E-state index contributed by atoms with van der Waals surface area (Å²) >= 11 is 0. The molecule has 1 fully saturated rings. The summed E-state index contributed by atoms with van der Waals surface area (Å²) in [6.07, 6.45) is 5.14. The third kappa shape index (κ3) is 1.67. The van der Waals surface area contributed by atoms with Crippen LogP contribution in [-0.4, -0.2) is 16.5 Å². The lowest BCUT2D eigenvalue weighted by molar-refractivity contribution is 0.457. The lowest BCUT2D eigenvalue weighted by atomic mass is 9.87. The molecule has 3 rings (SSSR count). The number of H-pyrrole nitrogens is 1. The van der Waals surface area contributed by atoms with Crippen molar-refractivity contribution >= 4 is 0 Å². The summed E-state index contributed by atoms with van der Waals surface area (Å²) < 4.78 is 0. The van der Waals surface area contributed by atoms with Crippen LogP contribution in [0.25, 0.3) is 0 Å². The average Bonchev–Trinajstić information content (AvgIpc) is 3.12. The van der Waals surface area contributed by atoms with Gasteiger partial charge in [0.05, 0.1) is 5.69 Å². The molecule has 1 unspecified atom stereocenters. The van der Waals surface area contributed by atoms with E-state index in [0.717, 1.165) is 36.3 Å². The number of fused-ring (bicyclic) bond motifs is 1. The van der Waals surface area contributed by atoms with Crippen LogP contribution in [0.2, 0.25) is 0 Å². The number of aromatic nitrogens is 2. The molecule has 4 heteroatoms. The number of nitrogens with two attached hydrogens (primary N) is 1. The molecule has 1 aromatic heterocycles. The largest absolute Gasteiger partial charge is 0.330 e. The second-order valence-corrected chi connectivity index (χ2v) is 5.00. The second kappa shape index (κ2) is 3.70. The normalized spacial score (nSPS) is 24.2. The molecule has 16 heavy (non-hydrogen) atoms. The molecule has 2 aliphatic carbocycles. The van der Waals surface area contributed by atoms with E-state index in [1.54, 1.807) is 0 Å². The summed E-state index contributed by atoms with van der Waals surface area (Å²) in [5.74, 6) is 1.89. The van der Waals surface area contributed by atoms with Crippen LogP contribution in [0.1, 0.15) is 42.3 Å². The second-order valence-electron chi connectivity index (χ2n) is 5.00. The standard InChI is InChI=1S/C12H17N3O/c13-6-7-1-4-10-9(5-7)12(16)15-11(14-10)8-2-3-8/h7-8H,1-6,13H2,(H,14,15,16). The molecule has 4 nitrogen and oxygen atoms in total. The van der Waals surface area contributed by atoms with Gasteiger partial charge in [-0.1, -0.05) is 0 Å². The van der Waals surface area contributed by atoms with E-state index < -0.39 is 0 Å². The first-order valence-electron chi connectivity index (χ1n) is 6.10. The van der Waals surface area contributed by atoms with Gasteiger partial charge in [0.2, 0.25) is 0 Å². The molecule has 0 spiro atoms. The summed E-state index contributed by atoms with van der Waals surface area (Å²) in [6, 6.07) is 0. The van der Waals surface area contributed by atoms with Crippen molar-refractivity contribution in [3.8, 4) is 0 Å². The Labute approximate surface area is 94.3 Å². The third-order valence-corrected chi connectivity index (χ3v) is 3.70. The molecule has 0 radical (unpaired) electrons. The zero-order valence-electron chi connectivity index (χ0n) is 9.33. The van der Waals surface area contributed by atoms with Crippen LogP contribution < -0.4 is 11.3 Å². The predicted octanol–water partition coefficient (Wildman–Crippen LogP) is 0.711. The minimum absolute atomic E-state index is 0.0741. The fourth-order valence-corrected chi connectivity index (χ4v) is 2.46. The number of nitrogens with one attached hydrogen (secondary N) is 1. The number of hydrogen-bond donors (Lipinski definition) is 2. The first kappa shape index (κ1) is 10.0. The van der Waals surface area contributed by atoms with Gasteiger partial charge in [0.25, 0.3) is 5.56 Å². The molecule has 0 bridgehead atoms. The molecule has 0 aliphatic heterocycles. The highest BCUT2D eigenvalue weighted by Gasteiger charge is 2.29. The van der Waals surface area contributed by atoms with Gasteiger partial charge in [0.1, 0.15) is 5.82 Å². The number of rotatable bonds is 2. The van der Waals surface area contributed by atoms with E-state index in [-0.39, 0.29) is 5.56 Å². The summed E-state index contributed by atoms with van der Waals surface area (Å²) in [5.41, 5.74) is 7.64. The Bertz CT molecular complexity index is 462. The van der Waals surface area contributed by atoms with Crippen LogP contribution in [0.4, 0.5) is 0 Å². The van der Waals surface area contributed by atoms with E-state index in [1.165, 1.54) is 12.8 Å². The van der Waals surface area contributed by atoms with Crippen molar-refractivity contribution in [2.45, 2.75) is 38.0 Å². The minimum Gasteiger partial charge on any atom is -0.330 e. The smallest absolute Gasteiger partial charge is 0.254 e. The van der Waals surface area contributed by atoms with Crippen molar-refractivity contribution in [2.75, 3.05) is 6.54 Å². The average molecular weight is 219 g/mol. The summed E-state index contributed by atoms with van der Waals surface area (Å²) in [6.45, 7) is 0.670. The Morgan fingerprint density at radius 2 is 2.19 bits per heavy atom. The Morgan fingerprint density at radius 3 is 2.88 bits per heavy atom. The van der Waals surface area contributed by atoms with Crippen LogP contribution >= 0.6 is 0 Å². The molecular weight excluding hydrogens is 202 g/mol. The van der Waals surface area contributed by atoms with Crippen LogP contribution in [-0.2, 0) is 12.8 Å². The zero-order valence-corrected chi connectivity index (χ0v) is 9.33. The van der Waals surface area contributed by atoms with Crippen molar-refractivity contribution in [3.05, 3.63) is 27.4 Å². The van der Waals surface area contributed by atoms with Gasteiger partial charge in [-0.3, -0.25) is 4.79 Å². The Hall–Kier alpha value is -1.16. The summed E-state index contributed by atoms with van der Waals surface area (Å²) in [7, 11) is 0. The van der Waals surface area contributed by atoms with Crippen molar-refractivity contribution in [2.24, 2.45) is 11.7 Å². The van der Waals surface area contributed by atoms with Crippen LogP contribution in [0.5, 0.6) is 0 Å². The maximum atomic E-state index is 11.9. The molecular formula is C12H17N3O. The van der Waals surface area contributed by atoms with Gasteiger partial charge in [0, 0.05) is 11.5 Å². The topological polar surface area (TPSA) is 71.8 Å². The quantitative estimate of drug-likeness (QED) is 0.769. The summed E-state index contributed by atoms with van der Waals surface area (Å²) in [5, 5.41) is 0. The van der Waals surface area contributed by atoms with Crippen LogP contribution in [0, 0.1) is 5.92 Å². The molecule has 3 N–H and O–H groups in total. The first-order valence-corrected chi connectivity index (χ1v) is 6.10. The van der Waals surface area contributed by atoms with E-state index in [4.69, 9.17) is 5.73 Å². The van der Waals surface area contributed by atoms with Gasteiger partial charge in [-0.05, 0) is 44.6 Å². The van der Waals surface area contributed by atoms with Gasteiger partial charge in [-0.25, -0.2) is 4.98 Å². The van der Waals surface area contributed by atoms with E-state index in [0.29, 0.717) is 18.4 Å². The summed E-state index contributed by atoms with van der Waals surface area (Å²) in [4.78, 5) is 19.5. The molecule has 1 aromatic rings. The highest BCUT2D eigenvalue weighted by molar-refractivity contribution is 5.23. The number of nitrogens with zero attached hydrogens (tertiary/aromatic N) is 1. The lowest BCUT2D eigenvalue weighted by Gasteiger charge is -2.22. The molecule has 86 valence electrons. The van der Waals surface area contributed by atoms with Gasteiger partial charge in [-0.15, -0.1) is 0 Å². The van der Waals surface area contributed by atoms with Crippen molar-refractivity contribution in [3.63, 3.8) is 0 Å². The van der Waals surface area contributed by atoms with Gasteiger partial charge < -0.3 is 10.7 Å². The van der Waals surface area contributed by atoms with E-state index in [2.05, 4.69) is 9.97 Å². The third-order valence-electron chi connectivity index (χ3n) is 3.70. The maximum absolute atomic E-state index is 11.9. The Kier molecular flexibility index (Phi) is 2.32. The van der Waals surface area contributed by atoms with Gasteiger partial charge in [0.15, 0.2) is 0 Å². The Balaban J connectivity index is 1.98. The molecule has 1 heterocycles. The number of aromatic amines is 1. The zero-order chi connectivity index (χ0) is 11.1. The number of hydrogen-bond acceptors (Lipinski definition) is 3. The molecule has 0 amide bonds. The minimum atomic E-state index is 0.0741. The predicted molar refractivity (Wildman–Crippen MR) is 61.4 cm³/mol. The SMILES string of the molecule is NCC1CCc2nc(C3CC3)[nH]c(=O)c2C1. The monoisotopic (exact) mass is 219 g/mol. The van der Waals surface area contributed by atoms with Gasteiger partial charge in [-0.2, -0.15) is 0 Å². The van der Waals surface area contributed by atoms with E-state index >= 15 is 0 Å². The van der Waals surface area contributed by atoms with E-state index in [9.17, 15) is 4.79 Å². The van der Waals surface area contributed by atoms with Crippen molar-refractivity contribution < 1.29 is 0 Å². The molecule has 1 atom stereocenters. The molecule has 1 saturated carbocycles. The highest BCUT2D eigenvalue weighted by Crippen LogP contribution is 2.38. The fraction of sp³-hybridized carbons (Fsp3) is 0.667. The number of aryl methyl sites for hydroxylation is 1. The van der Waals surface area contributed by atoms with Crippen LogP contribution in [0.3, 0.4) is 0 Å². The molecule has 2 aliphatic rings. The lowest BCUT2D eigenvalue weighted by Crippen LogP contribution is -2.29.